The Labute approximate surface area is 184 Å². The molecular weight excluding hydrogens is 409 g/mol. The van der Waals surface area contributed by atoms with E-state index < -0.39 is 5.82 Å². The van der Waals surface area contributed by atoms with E-state index in [1.54, 1.807) is 36.7 Å². The van der Waals surface area contributed by atoms with Gasteiger partial charge in [0.1, 0.15) is 12.4 Å². The fourth-order valence-electron chi connectivity index (χ4n) is 4.37. The second-order valence-corrected chi connectivity index (χ2v) is 8.08. The Hall–Kier alpha value is -3.86. The maximum absolute atomic E-state index is 13.8. The number of nitrogens with zero attached hydrogens (tertiary/aromatic N) is 5. The van der Waals surface area contributed by atoms with Crippen LogP contribution < -0.4 is 4.74 Å². The molecule has 1 aliphatic heterocycles. The summed E-state index contributed by atoms with van der Waals surface area (Å²) >= 11 is 0. The third kappa shape index (κ3) is 3.89. The van der Waals surface area contributed by atoms with Gasteiger partial charge in [-0.15, -0.1) is 0 Å². The van der Waals surface area contributed by atoms with Crippen LogP contribution in [0.15, 0.2) is 55.0 Å². The fraction of sp³-hybridized carbons (Fsp3) is 0.292. The van der Waals surface area contributed by atoms with E-state index in [1.807, 2.05) is 4.90 Å². The number of aromatic nitrogens is 3. The number of halogens is 1. The molecule has 0 N–H and O–H groups in total. The molecule has 7 nitrogen and oxygen atoms in total. The largest absolute Gasteiger partial charge is 0.475 e. The number of amides is 1. The van der Waals surface area contributed by atoms with Crippen molar-refractivity contribution in [3.8, 4) is 23.3 Å². The molecule has 3 heterocycles. The standard InChI is InChI=1S/C24H20FN5O2/c25-17-4-7-22(29-13-17)32-14-18-5-3-16-11-21(16)30(18)24(31)20-10-15(12-26)2-6-19(20)23-27-8-1-9-28-23/h1-2,4,6-10,13,16,18,21H,3,5,11,14H2/t16-,18-,21+/m0/s1. The average molecular weight is 429 g/mol. The lowest BCUT2D eigenvalue weighted by Gasteiger charge is -2.36. The van der Waals surface area contributed by atoms with Gasteiger partial charge in [-0.25, -0.2) is 19.3 Å². The number of piperidine rings is 1. The molecule has 2 aromatic heterocycles. The molecule has 5 rings (SSSR count). The van der Waals surface area contributed by atoms with Crippen molar-refractivity contribution in [1.82, 2.24) is 19.9 Å². The number of carbonyl (C=O) groups is 1. The van der Waals surface area contributed by atoms with Crippen LogP contribution in [0.5, 0.6) is 5.88 Å². The zero-order valence-electron chi connectivity index (χ0n) is 17.2. The highest BCUT2D eigenvalue weighted by Gasteiger charge is 2.50. The van der Waals surface area contributed by atoms with Crippen molar-refractivity contribution in [3.63, 3.8) is 0 Å². The van der Waals surface area contributed by atoms with Crippen LogP contribution >= 0.6 is 0 Å². The summed E-state index contributed by atoms with van der Waals surface area (Å²) in [5.74, 6) is 0.669. The van der Waals surface area contributed by atoms with E-state index in [9.17, 15) is 14.4 Å². The number of nitriles is 1. The summed E-state index contributed by atoms with van der Waals surface area (Å²) in [6, 6.07) is 11.6. The van der Waals surface area contributed by atoms with Crippen molar-refractivity contribution in [3.05, 3.63) is 71.9 Å². The molecule has 0 unspecified atom stereocenters. The highest BCUT2D eigenvalue weighted by Crippen LogP contribution is 2.46. The fourth-order valence-corrected chi connectivity index (χ4v) is 4.37. The SMILES string of the molecule is N#Cc1ccc(-c2ncccn2)c(C(=O)N2[C@H](COc3ccc(F)cn3)CC[C@H]3C[C@H]32)c1. The number of benzene rings is 1. The molecular formula is C24H20FN5O2. The van der Waals surface area contributed by atoms with Crippen LogP contribution in [0.2, 0.25) is 0 Å². The van der Waals surface area contributed by atoms with E-state index in [0.29, 0.717) is 34.3 Å². The molecule has 3 aromatic rings. The van der Waals surface area contributed by atoms with Crippen LogP contribution in [0.1, 0.15) is 35.2 Å². The third-order valence-electron chi connectivity index (χ3n) is 6.05. The summed E-state index contributed by atoms with van der Waals surface area (Å²) < 4.78 is 18.9. The number of likely N-dealkylation sites (tertiary alicyclic amines) is 1. The number of ether oxygens (including phenoxy) is 1. The minimum Gasteiger partial charge on any atom is -0.475 e. The summed E-state index contributed by atoms with van der Waals surface area (Å²) in [5, 5.41) is 9.40. The Morgan fingerprint density at radius 2 is 2.03 bits per heavy atom. The van der Waals surface area contributed by atoms with Gasteiger partial charge < -0.3 is 9.64 Å². The van der Waals surface area contributed by atoms with E-state index in [-0.39, 0.29) is 24.6 Å². The Kier molecular flexibility index (Phi) is 5.23. The van der Waals surface area contributed by atoms with Crippen LogP contribution in [0, 0.1) is 23.1 Å². The lowest BCUT2D eigenvalue weighted by atomic mass is 9.98. The van der Waals surface area contributed by atoms with Gasteiger partial charge in [0.25, 0.3) is 5.91 Å². The third-order valence-corrected chi connectivity index (χ3v) is 6.05. The van der Waals surface area contributed by atoms with Crippen LogP contribution in [-0.4, -0.2) is 44.4 Å². The van der Waals surface area contributed by atoms with E-state index in [4.69, 9.17) is 4.74 Å². The molecule has 3 atom stereocenters. The van der Waals surface area contributed by atoms with Crippen LogP contribution in [0.4, 0.5) is 4.39 Å². The van der Waals surface area contributed by atoms with Gasteiger partial charge in [-0.3, -0.25) is 4.79 Å². The molecule has 2 fully saturated rings. The van der Waals surface area contributed by atoms with E-state index in [0.717, 1.165) is 25.5 Å². The van der Waals surface area contributed by atoms with Crippen LogP contribution in [-0.2, 0) is 0 Å². The van der Waals surface area contributed by atoms with Crippen molar-refractivity contribution in [2.45, 2.75) is 31.3 Å². The quantitative estimate of drug-likeness (QED) is 0.615. The lowest BCUT2D eigenvalue weighted by Crippen LogP contribution is -2.48. The summed E-state index contributed by atoms with van der Waals surface area (Å²) in [5.41, 5.74) is 1.41. The smallest absolute Gasteiger partial charge is 0.255 e. The Morgan fingerprint density at radius 1 is 1.19 bits per heavy atom. The number of hydrogen-bond donors (Lipinski definition) is 0. The molecule has 1 aromatic carbocycles. The van der Waals surface area contributed by atoms with Crippen molar-refractivity contribution < 1.29 is 13.9 Å². The van der Waals surface area contributed by atoms with Gasteiger partial charge >= 0.3 is 0 Å². The van der Waals surface area contributed by atoms with Gasteiger partial charge in [-0.1, -0.05) is 0 Å². The molecule has 160 valence electrons. The summed E-state index contributed by atoms with van der Waals surface area (Å²) in [4.78, 5) is 28.2. The first-order valence-electron chi connectivity index (χ1n) is 10.5. The Bertz CT molecular complexity index is 1180. The Morgan fingerprint density at radius 3 is 2.78 bits per heavy atom. The topological polar surface area (TPSA) is 92.0 Å². The number of hydrogen-bond acceptors (Lipinski definition) is 6. The maximum atomic E-state index is 13.8. The van der Waals surface area contributed by atoms with Gasteiger partial charge in [-0.2, -0.15) is 5.26 Å². The predicted octanol–water partition coefficient (Wildman–Crippen LogP) is 3.62. The number of fused-ring (bicyclic) bond motifs is 1. The molecule has 1 saturated carbocycles. The molecule has 0 spiro atoms. The molecule has 0 radical (unpaired) electrons. The molecule has 1 amide bonds. The molecule has 1 aliphatic carbocycles. The Balaban J connectivity index is 1.45. The highest BCUT2D eigenvalue weighted by atomic mass is 19.1. The van der Waals surface area contributed by atoms with Crippen molar-refractivity contribution in [2.75, 3.05) is 6.61 Å². The maximum Gasteiger partial charge on any atom is 0.255 e. The second kappa shape index (κ2) is 8.35. The van der Waals surface area contributed by atoms with Crippen molar-refractivity contribution >= 4 is 5.91 Å². The van der Waals surface area contributed by atoms with E-state index in [2.05, 4.69) is 21.0 Å². The molecule has 8 heteroatoms. The zero-order valence-corrected chi connectivity index (χ0v) is 17.2. The zero-order chi connectivity index (χ0) is 22.1. The number of rotatable bonds is 5. The van der Waals surface area contributed by atoms with E-state index >= 15 is 0 Å². The summed E-state index contributed by atoms with van der Waals surface area (Å²) in [7, 11) is 0. The van der Waals surface area contributed by atoms with Crippen molar-refractivity contribution in [2.24, 2.45) is 5.92 Å². The second-order valence-electron chi connectivity index (χ2n) is 8.08. The molecule has 32 heavy (non-hydrogen) atoms. The number of carbonyl (C=O) groups excluding carboxylic acids is 1. The molecule has 1 saturated heterocycles. The summed E-state index contributed by atoms with van der Waals surface area (Å²) in [6.07, 6.45) is 7.16. The normalized spacial score (nSPS) is 21.4. The average Bonchev–Trinajstić information content (AvgIpc) is 3.63. The first-order valence-corrected chi connectivity index (χ1v) is 10.5. The van der Waals surface area contributed by atoms with Crippen molar-refractivity contribution in [1.29, 1.82) is 5.26 Å². The monoisotopic (exact) mass is 429 g/mol. The minimum absolute atomic E-state index is 0.145. The van der Waals surface area contributed by atoms with Crippen LogP contribution in [0.3, 0.4) is 0 Å². The van der Waals surface area contributed by atoms with Gasteiger partial charge in [0.05, 0.1) is 29.4 Å². The van der Waals surface area contributed by atoms with Gasteiger partial charge in [0.15, 0.2) is 5.82 Å². The first kappa shape index (κ1) is 20.1. The van der Waals surface area contributed by atoms with Gasteiger partial charge in [-0.05, 0) is 55.5 Å². The summed E-state index contributed by atoms with van der Waals surface area (Å²) in [6.45, 7) is 0.267. The molecule has 2 aliphatic rings. The lowest BCUT2D eigenvalue weighted by molar-refractivity contribution is 0.0495. The predicted molar refractivity (Wildman–Crippen MR) is 113 cm³/mol. The van der Waals surface area contributed by atoms with Gasteiger partial charge in [0.2, 0.25) is 5.88 Å². The van der Waals surface area contributed by atoms with E-state index in [1.165, 1.54) is 12.1 Å². The van der Waals surface area contributed by atoms with Gasteiger partial charge in [0, 0.05) is 30.1 Å². The first-order chi connectivity index (χ1) is 15.6. The number of pyridine rings is 1. The highest BCUT2D eigenvalue weighted by molar-refractivity contribution is 6.01. The minimum atomic E-state index is -0.430. The van der Waals surface area contributed by atoms with Crippen LogP contribution in [0.25, 0.3) is 11.4 Å². The molecule has 0 bridgehead atoms.